The molecule has 0 heterocycles. The summed E-state index contributed by atoms with van der Waals surface area (Å²) >= 11 is 0. The third kappa shape index (κ3) is 1.48. The Balaban J connectivity index is 2.02. The molecular formula is C10H17N. The summed E-state index contributed by atoms with van der Waals surface area (Å²) < 4.78 is 0. The molecule has 0 aromatic rings. The highest BCUT2D eigenvalue weighted by molar-refractivity contribution is 5.00. The number of hydrogen-bond acceptors (Lipinski definition) is 1. The lowest BCUT2D eigenvalue weighted by atomic mass is 9.71. The van der Waals surface area contributed by atoms with Gasteiger partial charge < -0.3 is 5.73 Å². The standard InChI is InChI=1S/C10H17N/c11-7-10-5-8-2-1-3-9(4-8)6-10/h1-2,8-10H,3-7,11H2/t8-,9+,10+/m0/s1. The highest BCUT2D eigenvalue weighted by Crippen LogP contribution is 2.38. The summed E-state index contributed by atoms with van der Waals surface area (Å²) in [5.41, 5.74) is 5.68. The van der Waals surface area contributed by atoms with Crippen LogP contribution in [0.2, 0.25) is 0 Å². The van der Waals surface area contributed by atoms with Crippen molar-refractivity contribution in [3.8, 4) is 0 Å². The molecule has 0 saturated heterocycles. The van der Waals surface area contributed by atoms with Crippen molar-refractivity contribution < 1.29 is 0 Å². The number of rotatable bonds is 1. The lowest BCUT2D eigenvalue weighted by Crippen LogP contribution is -2.28. The fourth-order valence-corrected chi connectivity index (χ4v) is 2.62. The first-order valence-electron chi connectivity index (χ1n) is 4.75. The van der Waals surface area contributed by atoms with Gasteiger partial charge in [-0.2, -0.15) is 0 Å². The van der Waals surface area contributed by atoms with Crippen LogP contribution in [-0.2, 0) is 0 Å². The van der Waals surface area contributed by atoms with Crippen molar-refractivity contribution in [1.29, 1.82) is 0 Å². The van der Waals surface area contributed by atoms with E-state index in [2.05, 4.69) is 12.2 Å². The van der Waals surface area contributed by atoms with Gasteiger partial charge in [-0.15, -0.1) is 0 Å². The van der Waals surface area contributed by atoms with E-state index in [1.165, 1.54) is 25.7 Å². The van der Waals surface area contributed by atoms with Gasteiger partial charge >= 0.3 is 0 Å². The molecule has 0 radical (unpaired) electrons. The predicted molar refractivity (Wildman–Crippen MR) is 47.1 cm³/mol. The van der Waals surface area contributed by atoms with Crippen LogP contribution >= 0.6 is 0 Å². The van der Waals surface area contributed by atoms with Gasteiger partial charge in [-0.05, 0) is 50.0 Å². The van der Waals surface area contributed by atoms with Crippen LogP contribution in [0.4, 0.5) is 0 Å². The molecule has 3 atom stereocenters. The maximum Gasteiger partial charge on any atom is -0.00485 e. The zero-order valence-corrected chi connectivity index (χ0v) is 7.00. The Labute approximate surface area is 68.7 Å². The average Bonchev–Trinajstić information content (AvgIpc) is 2.03. The molecule has 0 amide bonds. The summed E-state index contributed by atoms with van der Waals surface area (Å²) in [5, 5.41) is 0. The SMILES string of the molecule is NC[C@@H]1C[C@H]2C=CC[C@H](C2)C1. The maximum absolute atomic E-state index is 5.68. The van der Waals surface area contributed by atoms with Crippen molar-refractivity contribution in [3.63, 3.8) is 0 Å². The molecule has 2 aliphatic rings. The van der Waals surface area contributed by atoms with Crippen LogP contribution < -0.4 is 5.73 Å². The Morgan fingerprint density at radius 2 is 2.18 bits per heavy atom. The molecule has 1 heteroatoms. The van der Waals surface area contributed by atoms with Crippen LogP contribution in [0.25, 0.3) is 0 Å². The van der Waals surface area contributed by atoms with E-state index in [-0.39, 0.29) is 0 Å². The van der Waals surface area contributed by atoms with Gasteiger partial charge in [-0.25, -0.2) is 0 Å². The van der Waals surface area contributed by atoms with Gasteiger partial charge in [0.05, 0.1) is 0 Å². The van der Waals surface area contributed by atoms with Crippen LogP contribution in [0.5, 0.6) is 0 Å². The Morgan fingerprint density at radius 1 is 1.27 bits per heavy atom. The fraction of sp³-hybridized carbons (Fsp3) is 0.800. The molecule has 2 bridgehead atoms. The molecule has 1 fully saturated rings. The van der Waals surface area contributed by atoms with E-state index in [4.69, 9.17) is 5.73 Å². The number of allylic oxidation sites excluding steroid dienone is 2. The van der Waals surface area contributed by atoms with Crippen molar-refractivity contribution in [3.05, 3.63) is 12.2 Å². The van der Waals surface area contributed by atoms with Gasteiger partial charge in [-0.3, -0.25) is 0 Å². The van der Waals surface area contributed by atoms with E-state index in [0.29, 0.717) is 0 Å². The van der Waals surface area contributed by atoms with Gasteiger partial charge in [0.15, 0.2) is 0 Å². The van der Waals surface area contributed by atoms with E-state index in [1.54, 1.807) is 0 Å². The fourth-order valence-electron chi connectivity index (χ4n) is 2.62. The van der Waals surface area contributed by atoms with Gasteiger partial charge in [0.2, 0.25) is 0 Å². The minimum absolute atomic E-state index is 0.823. The van der Waals surface area contributed by atoms with Crippen molar-refractivity contribution in [2.24, 2.45) is 23.5 Å². The second kappa shape index (κ2) is 2.98. The molecule has 1 nitrogen and oxygen atoms in total. The van der Waals surface area contributed by atoms with E-state index in [1.807, 2.05) is 0 Å². The Morgan fingerprint density at radius 3 is 2.91 bits per heavy atom. The molecule has 0 aromatic heterocycles. The first-order chi connectivity index (χ1) is 5.38. The molecule has 2 rings (SSSR count). The normalized spacial score (nSPS) is 42.5. The van der Waals surface area contributed by atoms with Crippen molar-refractivity contribution in [2.75, 3.05) is 6.54 Å². The second-order valence-electron chi connectivity index (χ2n) is 4.10. The predicted octanol–water partition coefficient (Wildman–Crippen LogP) is 1.94. The van der Waals surface area contributed by atoms with E-state index < -0.39 is 0 Å². The van der Waals surface area contributed by atoms with Gasteiger partial charge in [0.25, 0.3) is 0 Å². The molecule has 1 saturated carbocycles. The Kier molecular flexibility index (Phi) is 1.99. The monoisotopic (exact) mass is 151 g/mol. The molecule has 2 aliphatic carbocycles. The first kappa shape index (κ1) is 7.35. The summed E-state index contributed by atoms with van der Waals surface area (Å²) in [7, 11) is 0. The van der Waals surface area contributed by atoms with Crippen LogP contribution in [0.15, 0.2) is 12.2 Å². The van der Waals surface area contributed by atoms with Crippen molar-refractivity contribution in [1.82, 2.24) is 0 Å². The molecule has 0 unspecified atom stereocenters. The summed E-state index contributed by atoms with van der Waals surface area (Å²) in [6, 6.07) is 0. The highest BCUT2D eigenvalue weighted by atomic mass is 14.6. The molecule has 62 valence electrons. The summed E-state index contributed by atoms with van der Waals surface area (Å²) in [4.78, 5) is 0. The van der Waals surface area contributed by atoms with Gasteiger partial charge in [0, 0.05) is 0 Å². The third-order valence-electron chi connectivity index (χ3n) is 3.15. The lowest BCUT2D eigenvalue weighted by molar-refractivity contribution is 0.218. The number of hydrogen-bond donors (Lipinski definition) is 1. The molecular weight excluding hydrogens is 134 g/mol. The number of nitrogens with two attached hydrogens (primary N) is 1. The van der Waals surface area contributed by atoms with Crippen LogP contribution in [0.1, 0.15) is 25.7 Å². The van der Waals surface area contributed by atoms with E-state index in [9.17, 15) is 0 Å². The van der Waals surface area contributed by atoms with E-state index in [0.717, 1.165) is 24.3 Å². The molecule has 11 heavy (non-hydrogen) atoms. The summed E-state index contributed by atoms with van der Waals surface area (Å²) in [5.74, 6) is 2.66. The van der Waals surface area contributed by atoms with Gasteiger partial charge in [0.1, 0.15) is 0 Å². The van der Waals surface area contributed by atoms with Crippen LogP contribution in [-0.4, -0.2) is 6.54 Å². The Hall–Kier alpha value is -0.300. The third-order valence-corrected chi connectivity index (χ3v) is 3.15. The Bertz CT molecular complexity index is 162. The zero-order chi connectivity index (χ0) is 7.68. The van der Waals surface area contributed by atoms with Crippen molar-refractivity contribution >= 4 is 0 Å². The van der Waals surface area contributed by atoms with Gasteiger partial charge in [-0.1, -0.05) is 12.2 Å². The van der Waals surface area contributed by atoms with Crippen LogP contribution in [0.3, 0.4) is 0 Å². The highest BCUT2D eigenvalue weighted by Gasteiger charge is 2.28. The summed E-state index contributed by atoms with van der Waals surface area (Å²) in [6.07, 6.45) is 10.3. The minimum Gasteiger partial charge on any atom is -0.330 e. The molecule has 2 N–H and O–H groups in total. The van der Waals surface area contributed by atoms with E-state index >= 15 is 0 Å². The molecule has 0 aliphatic heterocycles. The summed E-state index contributed by atoms with van der Waals surface area (Å²) in [6.45, 7) is 0.904. The number of fused-ring (bicyclic) bond motifs is 2. The zero-order valence-electron chi connectivity index (χ0n) is 7.00. The smallest absolute Gasteiger partial charge is 0.00485 e. The second-order valence-corrected chi connectivity index (χ2v) is 4.10. The van der Waals surface area contributed by atoms with Crippen LogP contribution in [0, 0.1) is 17.8 Å². The maximum atomic E-state index is 5.68. The molecule has 0 aromatic carbocycles. The lowest BCUT2D eigenvalue weighted by Gasteiger charge is -2.35. The quantitative estimate of drug-likeness (QED) is 0.569. The van der Waals surface area contributed by atoms with Crippen molar-refractivity contribution in [2.45, 2.75) is 25.7 Å². The topological polar surface area (TPSA) is 26.0 Å². The average molecular weight is 151 g/mol. The largest absolute Gasteiger partial charge is 0.330 e. The minimum atomic E-state index is 0.823. The molecule has 0 spiro atoms. The first-order valence-corrected chi connectivity index (χ1v) is 4.75.